The summed E-state index contributed by atoms with van der Waals surface area (Å²) in [7, 11) is 2.21. The van der Waals surface area contributed by atoms with E-state index in [1.54, 1.807) is 0 Å². The molecule has 0 amide bonds. The number of aromatic nitrogens is 1. The van der Waals surface area contributed by atoms with E-state index in [1.165, 1.54) is 23.8 Å². The summed E-state index contributed by atoms with van der Waals surface area (Å²) in [6.45, 7) is 5.60. The molecule has 3 nitrogen and oxygen atoms in total. The highest BCUT2D eigenvalue weighted by molar-refractivity contribution is 5.81. The van der Waals surface area contributed by atoms with Crippen LogP contribution in [0.1, 0.15) is 25.3 Å². The largest absolute Gasteiger partial charge is 0.367 e. The first-order valence-electron chi connectivity index (χ1n) is 7.46. The zero-order valence-corrected chi connectivity index (χ0v) is 12.6. The molecule has 1 aliphatic heterocycles. The Labute approximate surface area is 121 Å². The number of nitrogens with zero attached hydrogens (tertiary/aromatic N) is 2. The third-order valence-corrected chi connectivity index (χ3v) is 4.46. The summed E-state index contributed by atoms with van der Waals surface area (Å²) in [4.78, 5) is 7.22. The van der Waals surface area contributed by atoms with E-state index in [1.807, 2.05) is 6.07 Å². The van der Waals surface area contributed by atoms with Gasteiger partial charge in [-0.2, -0.15) is 0 Å². The van der Waals surface area contributed by atoms with Crippen LogP contribution in [-0.4, -0.2) is 35.6 Å². The van der Waals surface area contributed by atoms with Crippen LogP contribution in [0, 0.1) is 6.92 Å². The van der Waals surface area contributed by atoms with Gasteiger partial charge in [0.15, 0.2) is 0 Å². The standard InChI is InChI=1S/C17H23N3/c1-12-10-14-6-4-5-7-16(14)19-17(12)18-15-8-9-20(3)13(2)11-15/h4-7,10,13,15H,8-9,11H2,1-3H3,(H,18,19). The van der Waals surface area contributed by atoms with Crippen LogP contribution in [0.3, 0.4) is 0 Å². The topological polar surface area (TPSA) is 28.2 Å². The minimum Gasteiger partial charge on any atom is -0.367 e. The Morgan fingerprint density at radius 2 is 2.10 bits per heavy atom. The number of hydrogen-bond acceptors (Lipinski definition) is 3. The average Bonchev–Trinajstić information content (AvgIpc) is 2.44. The highest BCUT2D eigenvalue weighted by atomic mass is 15.2. The number of benzene rings is 1. The van der Waals surface area contributed by atoms with Crippen molar-refractivity contribution >= 4 is 16.7 Å². The van der Waals surface area contributed by atoms with Gasteiger partial charge in [0, 0.05) is 24.0 Å². The van der Waals surface area contributed by atoms with Crippen LogP contribution in [0.2, 0.25) is 0 Å². The fraction of sp³-hybridized carbons (Fsp3) is 0.471. The van der Waals surface area contributed by atoms with E-state index >= 15 is 0 Å². The van der Waals surface area contributed by atoms with Crippen LogP contribution in [0.25, 0.3) is 10.9 Å². The zero-order valence-electron chi connectivity index (χ0n) is 12.6. The van der Waals surface area contributed by atoms with Crippen molar-refractivity contribution < 1.29 is 0 Å². The predicted molar refractivity (Wildman–Crippen MR) is 85.2 cm³/mol. The molecule has 20 heavy (non-hydrogen) atoms. The molecule has 106 valence electrons. The van der Waals surface area contributed by atoms with Crippen molar-refractivity contribution in [2.75, 3.05) is 18.9 Å². The lowest BCUT2D eigenvalue weighted by atomic mass is 9.98. The van der Waals surface area contributed by atoms with E-state index in [-0.39, 0.29) is 0 Å². The second-order valence-corrected chi connectivity index (χ2v) is 6.04. The summed E-state index contributed by atoms with van der Waals surface area (Å²) in [6.07, 6.45) is 2.37. The monoisotopic (exact) mass is 269 g/mol. The lowest BCUT2D eigenvalue weighted by molar-refractivity contribution is 0.190. The molecule has 2 atom stereocenters. The summed E-state index contributed by atoms with van der Waals surface area (Å²) >= 11 is 0. The maximum Gasteiger partial charge on any atom is 0.129 e. The van der Waals surface area contributed by atoms with Crippen molar-refractivity contribution in [3.8, 4) is 0 Å². The van der Waals surface area contributed by atoms with E-state index in [0.29, 0.717) is 12.1 Å². The first-order chi connectivity index (χ1) is 9.63. The Hall–Kier alpha value is -1.61. The number of nitrogens with one attached hydrogen (secondary N) is 1. The smallest absolute Gasteiger partial charge is 0.129 e. The second kappa shape index (κ2) is 5.41. The van der Waals surface area contributed by atoms with Gasteiger partial charge in [-0.05, 0) is 51.4 Å². The van der Waals surface area contributed by atoms with Gasteiger partial charge in [0.1, 0.15) is 5.82 Å². The van der Waals surface area contributed by atoms with Crippen LogP contribution in [0.4, 0.5) is 5.82 Å². The van der Waals surface area contributed by atoms with E-state index in [4.69, 9.17) is 4.98 Å². The van der Waals surface area contributed by atoms with Gasteiger partial charge in [0.05, 0.1) is 5.52 Å². The van der Waals surface area contributed by atoms with Gasteiger partial charge in [-0.1, -0.05) is 18.2 Å². The molecular weight excluding hydrogens is 246 g/mol. The molecule has 3 rings (SSSR count). The van der Waals surface area contributed by atoms with Crippen LogP contribution in [0.5, 0.6) is 0 Å². The van der Waals surface area contributed by atoms with Crippen molar-refractivity contribution in [2.24, 2.45) is 0 Å². The normalized spacial score (nSPS) is 23.9. The number of fused-ring (bicyclic) bond motifs is 1. The number of hydrogen-bond donors (Lipinski definition) is 1. The lowest BCUT2D eigenvalue weighted by Crippen LogP contribution is -2.42. The number of piperidine rings is 1. The summed E-state index contributed by atoms with van der Waals surface area (Å²) in [5.41, 5.74) is 2.30. The van der Waals surface area contributed by atoms with Crippen molar-refractivity contribution in [1.29, 1.82) is 0 Å². The molecule has 1 fully saturated rings. The molecular formula is C17H23N3. The summed E-state index contributed by atoms with van der Waals surface area (Å²) in [5, 5.41) is 4.87. The molecule has 2 unspecified atom stereocenters. The predicted octanol–water partition coefficient (Wildman–Crippen LogP) is 3.44. The molecule has 3 heteroatoms. The van der Waals surface area contributed by atoms with Crippen LogP contribution < -0.4 is 5.32 Å². The number of aryl methyl sites for hydroxylation is 1. The molecule has 0 saturated carbocycles. The SMILES string of the molecule is Cc1cc2ccccc2nc1NC1CCN(C)C(C)C1. The molecule has 1 aromatic heterocycles. The summed E-state index contributed by atoms with van der Waals surface area (Å²) in [6, 6.07) is 11.7. The fourth-order valence-electron chi connectivity index (χ4n) is 2.98. The van der Waals surface area contributed by atoms with Crippen molar-refractivity contribution in [3.05, 3.63) is 35.9 Å². The lowest BCUT2D eigenvalue weighted by Gasteiger charge is -2.35. The zero-order chi connectivity index (χ0) is 14.1. The number of pyridine rings is 1. The quantitative estimate of drug-likeness (QED) is 0.905. The highest BCUT2D eigenvalue weighted by Crippen LogP contribution is 2.23. The number of para-hydroxylation sites is 1. The van der Waals surface area contributed by atoms with E-state index in [9.17, 15) is 0 Å². The fourth-order valence-corrected chi connectivity index (χ4v) is 2.98. The van der Waals surface area contributed by atoms with Crippen LogP contribution in [0.15, 0.2) is 30.3 Å². The Bertz CT molecular complexity index is 608. The average molecular weight is 269 g/mol. The van der Waals surface area contributed by atoms with Gasteiger partial charge in [0.25, 0.3) is 0 Å². The third kappa shape index (κ3) is 2.63. The summed E-state index contributed by atoms with van der Waals surface area (Å²) in [5.74, 6) is 1.05. The Kier molecular flexibility index (Phi) is 3.62. The second-order valence-electron chi connectivity index (χ2n) is 6.04. The van der Waals surface area contributed by atoms with Crippen LogP contribution in [-0.2, 0) is 0 Å². The van der Waals surface area contributed by atoms with Crippen molar-refractivity contribution in [1.82, 2.24) is 9.88 Å². The number of anilines is 1. The number of likely N-dealkylation sites (tertiary alicyclic amines) is 1. The Morgan fingerprint density at radius 1 is 1.30 bits per heavy atom. The summed E-state index contributed by atoms with van der Waals surface area (Å²) < 4.78 is 0. The van der Waals surface area contributed by atoms with Gasteiger partial charge < -0.3 is 10.2 Å². The molecule has 1 aliphatic rings. The first-order valence-corrected chi connectivity index (χ1v) is 7.46. The Balaban J connectivity index is 1.82. The molecule has 0 spiro atoms. The molecule has 1 N–H and O–H groups in total. The molecule has 1 saturated heterocycles. The minimum atomic E-state index is 0.536. The molecule has 0 radical (unpaired) electrons. The van der Waals surface area contributed by atoms with Crippen molar-refractivity contribution in [2.45, 2.75) is 38.8 Å². The van der Waals surface area contributed by atoms with Crippen LogP contribution >= 0.6 is 0 Å². The molecule has 2 heterocycles. The van der Waals surface area contributed by atoms with Gasteiger partial charge >= 0.3 is 0 Å². The minimum absolute atomic E-state index is 0.536. The van der Waals surface area contributed by atoms with Crippen molar-refractivity contribution in [3.63, 3.8) is 0 Å². The maximum absolute atomic E-state index is 4.79. The molecule has 2 aromatic rings. The highest BCUT2D eigenvalue weighted by Gasteiger charge is 2.23. The molecule has 0 aliphatic carbocycles. The van der Waals surface area contributed by atoms with E-state index in [0.717, 1.165) is 17.9 Å². The van der Waals surface area contributed by atoms with Gasteiger partial charge in [0.2, 0.25) is 0 Å². The van der Waals surface area contributed by atoms with E-state index in [2.05, 4.69) is 55.4 Å². The first kappa shape index (κ1) is 13.4. The van der Waals surface area contributed by atoms with Gasteiger partial charge in [-0.25, -0.2) is 4.98 Å². The molecule has 0 bridgehead atoms. The third-order valence-electron chi connectivity index (χ3n) is 4.46. The maximum atomic E-state index is 4.79. The Morgan fingerprint density at radius 3 is 2.90 bits per heavy atom. The van der Waals surface area contributed by atoms with E-state index < -0.39 is 0 Å². The number of rotatable bonds is 2. The molecule has 1 aromatic carbocycles. The van der Waals surface area contributed by atoms with Gasteiger partial charge in [-0.15, -0.1) is 0 Å². The van der Waals surface area contributed by atoms with Gasteiger partial charge in [-0.3, -0.25) is 0 Å².